The minimum absolute atomic E-state index is 0.0412. The lowest BCUT2D eigenvalue weighted by Crippen LogP contribution is -2.47. The average molecular weight is 424 g/mol. The average Bonchev–Trinajstić information content (AvgIpc) is 3.10. The van der Waals surface area contributed by atoms with Crippen molar-refractivity contribution in [1.29, 1.82) is 0 Å². The summed E-state index contributed by atoms with van der Waals surface area (Å²) in [7, 11) is 0. The molecule has 1 aliphatic heterocycles. The molecule has 0 radical (unpaired) electrons. The van der Waals surface area contributed by atoms with E-state index in [4.69, 9.17) is 4.42 Å². The number of hydrogen-bond donors (Lipinski definition) is 1. The van der Waals surface area contributed by atoms with Crippen LogP contribution in [-0.4, -0.2) is 55.4 Å². The minimum atomic E-state index is -0.212. The van der Waals surface area contributed by atoms with E-state index in [1.165, 1.54) is 11.3 Å². The molecule has 1 atom stereocenters. The minimum Gasteiger partial charge on any atom is -0.455 e. The molecule has 31 heavy (non-hydrogen) atoms. The number of rotatable bonds is 6. The molecule has 1 amide bonds. The van der Waals surface area contributed by atoms with Crippen LogP contribution in [-0.2, 0) is 6.42 Å². The van der Waals surface area contributed by atoms with Gasteiger partial charge in [0.05, 0.1) is 5.56 Å². The molecule has 1 aliphatic carbocycles. The van der Waals surface area contributed by atoms with E-state index in [1.54, 1.807) is 0 Å². The lowest BCUT2D eigenvalue weighted by molar-refractivity contribution is 0.0901. The molecule has 1 aromatic heterocycles. The maximum Gasteiger partial charge on any atom is 0.287 e. The molecule has 6 nitrogen and oxygen atoms in total. The van der Waals surface area contributed by atoms with Crippen molar-refractivity contribution in [1.82, 2.24) is 10.2 Å². The Kier molecular flexibility index (Phi) is 6.46. The van der Waals surface area contributed by atoms with Crippen LogP contribution in [0.1, 0.15) is 64.0 Å². The van der Waals surface area contributed by atoms with Gasteiger partial charge in [0.2, 0.25) is 0 Å². The summed E-state index contributed by atoms with van der Waals surface area (Å²) in [5.41, 5.74) is 3.92. The molecule has 166 valence electrons. The number of amides is 1. The topological polar surface area (TPSA) is 65.8 Å². The van der Waals surface area contributed by atoms with Crippen LogP contribution in [0.25, 0.3) is 0 Å². The summed E-state index contributed by atoms with van der Waals surface area (Å²) >= 11 is 0. The number of anilines is 1. The van der Waals surface area contributed by atoms with Gasteiger partial charge in [0.25, 0.3) is 5.91 Å². The first kappa shape index (κ1) is 21.6. The summed E-state index contributed by atoms with van der Waals surface area (Å²) < 4.78 is 5.78. The van der Waals surface area contributed by atoms with Gasteiger partial charge < -0.3 is 14.6 Å². The Hall–Kier alpha value is -2.60. The number of aryl methyl sites for hydroxylation is 2. The molecule has 0 spiro atoms. The summed E-state index contributed by atoms with van der Waals surface area (Å²) in [5, 5.41) is 3.06. The van der Waals surface area contributed by atoms with Gasteiger partial charge in [0, 0.05) is 62.9 Å². The zero-order chi connectivity index (χ0) is 22.0. The molecule has 0 saturated carbocycles. The first-order valence-corrected chi connectivity index (χ1v) is 11.4. The van der Waals surface area contributed by atoms with Crippen LogP contribution in [0.15, 0.2) is 28.7 Å². The van der Waals surface area contributed by atoms with Gasteiger partial charge in [0.1, 0.15) is 5.76 Å². The second-order valence-electron chi connectivity index (χ2n) is 8.96. The molecule has 0 bridgehead atoms. The first-order chi connectivity index (χ1) is 14.9. The number of nitrogens with one attached hydrogen (secondary N) is 1. The molecule has 6 heteroatoms. The van der Waals surface area contributed by atoms with Gasteiger partial charge in [-0.15, -0.1) is 0 Å². The number of benzene rings is 1. The number of fused-ring (bicyclic) bond motifs is 1. The van der Waals surface area contributed by atoms with Crippen LogP contribution < -0.4 is 10.2 Å². The van der Waals surface area contributed by atoms with E-state index in [2.05, 4.69) is 46.3 Å². The number of carbonyl (C=O) groups is 2. The van der Waals surface area contributed by atoms with E-state index in [9.17, 15) is 9.59 Å². The van der Waals surface area contributed by atoms with Crippen LogP contribution >= 0.6 is 0 Å². The number of ketones is 1. The SMILES string of the molecule is Cc1cccc(N2CCN(CCC(C)NC(=O)c3oc4c(c3C)C(=O)CCC4)CC2)c1. The molecular weight excluding hydrogens is 390 g/mol. The predicted octanol–water partition coefficient (Wildman–Crippen LogP) is 3.75. The Morgan fingerprint density at radius 1 is 1.16 bits per heavy atom. The van der Waals surface area contributed by atoms with Gasteiger partial charge in [-0.05, 0) is 51.3 Å². The van der Waals surface area contributed by atoms with Crippen LogP contribution in [0.2, 0.25) is 0 Å². The molecule has 1 N–H and O–H groups in total. The summed E-state index contributed by atoms with van der Waals surface area (Å²) in [4.78, 5) is 29.8. The fourth-order valence-corrected chi connectivity index (χ4v) is 4.66. The molecule has 4 rings (SSSR count). The molecule has 1 unspecified atom stereocenters. The Balaban J connectivity index is 1.25. The highest BCUT2D eigenvalue weighted by Crippen LogP contribution is 2.29. The third-order valence-corrected chi connectivity index (χ3v) is 6.51. The van der Waals surface area contributed by atoms with Crippen LogP contribution in [0.4, 0.5) is 5.69 Å². The number of hydrogen-bond acceptors (Lipinski definition) is 5. The highest BCUT2D eigenvalue weighted by Gasteiger charge is 2.29. The fraction of sp³-hybridized carbons (Fsp3) is 0.520. The van der Waals surface area contributed by atoms with Crippen molar-refractivity contribution in [3.05, 3.63) is 52.5 Å². The molecule has 2 heterocycles. The number of nitrogens with zero attached hydrogens (tertiary/aromatic N) is 2. The molecule has 2 aromatic rings. The largest absolute Gasteiger partial charge is 0.455 e. The molecule has 1 saturated heterocycles. The first-order valence-electron chi connectivity index (χ1n) is 11.4. The molecular formula is C25H33N3O3. The van der Waals surface area contributed by atoms with Crippen LogP contribution in [0.5, 0.6) is 0 Å². The van der Waals surface area contributed by atoms with Crippen molar-refractivity contribution >= 4 is 17.4 Å². The fourth-order valence-electron chi connectivity index (χ4n) is 4.66. The van der Waals surface area contributed by atoms with Crippen molar-refractivity contribution in [3.8, 4) is 0 Å². The van der Waals surface area contributed by atoms with E-state index in [-0.39, 0.29) is 17.7 Å². The normalized spacial score (nSPS) is 18.0. The van der Waals surface area contributed by atoms with E-state index in [1.807, 2.05) is 13.8 Å². The number of carbonyl (C=O) groups excluding carboxylic acids is 2. The highest BCUT2D eigenvalue weighted by atomic mass is 16.4. The Morgan fingerprint density at radius 3 is 2.65 bits per heavy atom. The smallest absolute Gasteiger partial charge is 0.287 e. The van der Waals surface area contributed by atoms with Gasteiger partial charge in [-0.25, -0.2) is 0 Å². The number of furan rings is 1. The third kappa shape index (κ3) is 4.85. The maximum absolute atomic E-state index is 12.7. The van der Waals surface area contributed by atoms with Crippen LogP contribution in [0.3, 0.4) is 0 Å². The van der Waals surface area contributed by atoms with Gasteiger partial charge in [-0.3, -0.25) is 14.5 Å². The lowest BCUT2D eigenvalue weighted by atomic mass is 9.94. The summed E-state index contributed by atoms with van der Waals surface area (Å²) in [5.74, 6) is 0.868. The monoisotopic (exact) mass is 423 g/mol. The van der Waals surface area contributed by atoms with Crippen molar-refractivity contribution < 1.29 is 14.0 Å². The number of Topliss-reactive ketones (excluding diaryl/α,β-unsaturated/α-hetero) is 1. The maximum atomic E-state index is 12.7. The van der Waals surface area contributed by atoms with Gasteiger partial charge >= 0.3 is 0 Å². The highest BCUT2D eigenvalue weighted by molar-refractivity contribution is 6.03. The Bertz CT molecular complexity index is 957. The van der Waals surface area contributed by atoms with Crippen molar-refractivity contribution in [2.75, 3.05) is 37.6 Å². The Morgan fingerprint density at radius 2 is 1.94 bits per heavy atom. The number of piperazine rings is 1. The van der Waals surface area contributed by atoms with E-state index in [0.29, 0.717) is 29.1 Å². The van der Waals surface area contributed by atoms with Gasteiger partial charge in [-0.1, -0.05) is 12.1 Å². The summed E-state index contributed by atoms with van der Waals surface area (Å²) in [6.07, 6.45) is 2.96. The quantitative estimate of drug-likeness (QED) is 0.767. The van der Waals surface area contributed by atoms with Crippen molar-refractivity contribution in [2.24, 2.45) is 0 Å². The van der Waals surface area contributed by atoms with E-state index < -0.39 is 0 Å². The summed E-state index contributed by atoms with van der Waals surface area (Å²) in [6.45, 7) is 11.0. The summed E-state index contributed by atoms with van der Waals surface area (Å²) in [6, 6.07) is 8.72. The van der Waals surface area contributed by atoms with Crippen LogP contribution in [0, 0.1) is 13.8 Å². The second-order valence-corrected chi connectivity index (χ2v) is 8.96. The zero-order valence-corrected chi connectivity index (χ0v) is 18.9. The molecule has 1 fully saturated rings. The van der Waals surface area contributed by atoms with Crippen molar-refractivity contribution in [3.63, 3.8) is 0 Å². The lowest BCUT2D eigenvalue weighted by Gasteiger charge is -2.36. The zero-order valence-electron chi connectivity index (χ0n) is 18.9. The van der Waals surface area contributed by atoms with Gasteiger partial charge in [-0.2, -0.15) is 0 Å². The van der Waals surface area contributed by atoms with Gasteiger partial charge in [0.15, 0.2) is 11.5 Å². The standard InChI is InChI=1S/C25H33N3O3/c1-17-6-4-7-20(16-17)28-14-12-27(13-15-28)11-10-18(2)26-25(30)24-19(3)23-21(29)8-5-9-22(23)31-24/h4,6-7,16,18H,5,8-15H2,1-3H3,(H,26,30). The van der Waals surface area contributed by atoms with E-state index in [0.717, 1.165) is 52.0 Å². The molecule has 1 aromatic carbocycles. The van der Waals surface area contributed by atoms with E-state index >= 15 is 0 Å². The van der Waals surface area contributed by atoms with Crippen molar-refractivity contribution in [2.45, 2.75) is 52.5 Å². The predicted molar refractivity (Wildman–Crippen MR) is 122 cm³/mol. The third-order valence-electron chi connectivity index (χ3n) is 6.51. The molecule has 2 aliphatic rings. The second kappa shape index (κ2) is 9.27. The Labute approximate surface area is 184 Å².